The average molecular weight is 299 g/mol. The van der Waals surface area contributed by atoms with E-state index in [0.717, 1.165) is 4.88 Å². The maximum Gasteiger partial charge on any atom is 0.250 e. The molecule has 19 heavy (non-hydrogen) atoms. The number of hydrogen-bond acceptors (Lipinski definition) is 4. The monoisotopic (exact) mass is 299 g/mol. The van der Waals surface area contributed by atoms with Gasteiger partial charge in [-0.25, -0.2) is 13.1 Å². The first-order valence-electron chi connectivity index (χ1n) is 6.01. The molecule has 2 aromatic rings. The van der Waals surface area contributed by atoms with Gasteiger partial charge in [0.15, 0.2) is 0 Å². The molecule has 0 saturated heterocycles. The van der Waals surface area contributed by atoms with Gasteiger partial charge in [-0.05, 0) is 31.0 Å². The predicted octanol–water partition coefficient (Wildman–Crippen LogP) is 1.87. The van der Waals surface area contributed by atoms with E-state index in [1.54, 1.807) is 16.9 Å². The number of nitrogens with one attached hydrogen (secondary N) is 1. The molecule has 0 aromatic carbocycles. The second kappa shape index (κ2) is 5.85. The van der Waals surface area contributed by atoms with Crippen molar-refractivity contribution in [2.45, 2.75) is 24.6 Å². The molecule has 0 amide bonds. The van der Waals surface area contributed by atoms with E-state index in [1.165, 1.54) is 11.3 Å². The van der Waals surface area contributed by atoms with Crippen molar-refractivity contribution in [2.75, 3.05) is 6.54 Å². The molecule has 0 aliphatic carbocycles. The first-order valence-corrected chi connectivity index (χ1v) is 8.31. The van der Waals surface area contributed by atoms with Crippen LogP contribution < -0.4 is 4.72 Å². The number of rotatable bonds is 6. The summed E-state index contributed by atoms with van der Waals surface area (Å²) in [5.74, 6) is 0.177. The summed E-state index contributed by atoms with van der Waals surface area (Å²) < 4.78 is 28.9. The maximum atomic E-state index is 12.0. The summed E-state index contributed by atoms with van der Waals surface area (Å²) in [5.41, 5.74) is 0. The Morgan fingerprint density at radius 2 is 2.26 bits per heavy atom. The van der Waals surface area contributed by atoms with Gasteiger partial charge in [0.25, 0.3) is 0 Å². The normalized spacial score (nSPS) is 13.6. The van der Waals surface area contributed by atoms with Crippen LogP contribution in [0.4, 0.5) is 0 Å². The Morgan fingerprint density at radius 1 is 1.47 bits per heavy atom. The Balaban J connectivity index is 1.91. The molecule has 0 saturated carbocycles. The maximum absolute atomic E-state index is 12.0. The Hall–Kier alpha value is -1.18. The van der Waals surface area contributed by atoms with E-state index in [4.69, 9.17) is 0 Å². The summed E-state index contributed by atoms with van der Waals surface area (Å²) in [6, 6.07) is 5.30. The Morgan fingerprint density at radius 3 is 2.84 bits per heavy atom. The van der Waals surface area contributed by atoms with E-state index in [-0.39, 0.29) is 5.92 Å². The Labute approximate surface area is 117 Å². The van der Waals surface area contributed by atoms with E-state index < -0.39 is 10.0 Å². The van der Waals surface area contributed by atoms with Crippen LogP contribution in [0.1, 0.15) is 11.8 Å². The fourth-order valence-electron chi connectivity index (χ4n) is 1.67. The van der Waals surface area contributed by atoms with Crippen LogP contribution in [-0.2, 0) is 16.6 Å². The molecule has 0 aliphatic heterocycles. The zero-order chi connectivity index (χ0) is 13.9. The number of sulfonamides is 1. The lowest BCUT2D eigenvalue weighted by atomic mass is 10.2. The number of aromatic nitrogens is 2. The third-order valence-corrected chi connectivity index (χ3v) is 5.58. The number of aryl methyl sites for hydroxylation is 1. The van der Waals surface area contributed by atoms with Crippen molar-refractivity contribution in [3.63, 3.8) is 0 Å². The smallest absolute Gasteiger partial charge is 0.250 e. The second-order valence-electron chi connectivity index (χ2n) is 4.55. The minimum absolute atomic E-state index is 0.177. The standard InChI is InChI=1S/C12H17N3O2S2/c1-10(9-15-7-3-6-13-15)8-14-19(16,17)12-5-4-11(2)18-12/h3-7,10,14H,8-9H2,1-2H3. The molecule has 0 spiro atoms. The van der Waals surface area contributed by atoms with Gasteiger partial charge in [0.1, 0.15) is 4.21 Å². The molecule has 1 N–H and O–H groups in total. The van der Waals surface area contributed by atoms with Gasteiger partial charge < -0.3 is 0 Å². The summed E-state index contributed by atoms with van der Waals surface area (Å²) in [7, 11) is -3.37. The topological polar surface area (TPSA) is 64.0 Å². The van der Waals surface area contributed by atoms with Crippen molar-refractivity contribution in [2.24, 2.45) is 5.92 Å². The minimum atomic E-state index is -3.37. The number of hydrogen-bond donors (Lipinski definition) is 1. The molecule has 104 valence electrons. The molecule has 2 heterocycles. The molecule has 7 heteroatoms. The fraction of sp³-hybridized carbons (Fsp3) is 0.417. The van der Waals surface area contributed by atoms with Crippen molar-refractivity contribution in [3.05, 3.63) is 35.5 Å². The van der Waals surface area contributed by atoms with E-state index in [0.29, 0.717) is 17.3 Å². The zero-order valence-corrected chi connectivity index (χ0v) is 12.5. The van der Waals surface area contributed by atoms with Crippen LogP contribution in [0.2, 0.25) is 0 Å². The minimum Gasteiger partial charge on any atom is -0.272 e. The van der Waals surface area contributed by atoms with Crippen molar-refractivity contribution in [1.82, 2.24) is 14.5 Å². The highest BCUT2D eigenvalue weighted by molar-refractivity contribution is 7.91. The average Bonchev–Trinajstić information content (AvgIpc) is 2.98. The largest absolute Gasteiger partial charge is 0.272 e. The molecule has 2 rings (SSSR count). The third kappa shape index (κ3) is 3.89. The molecular formula is C12H17N3O2S2. The van der Waals surface area contributed by atoms with Gasteiger partial charge in [-0.3, -0.25) is 4.68 Å². The van der Waals surface area contributed by atoms with Crippen molar-refractivity contribution < 1.29 is 8.42 Å². The molecule has 1 atom stereocenters. The molecule has 1 unspecified atom stereocenters. The molecular weight excluding hydrogens is 282 g/mol. The van der Waals surface area contributed by atoms with E-state index in [2.05, 4.69) is 9.82 Å². The van der Waals surface area contributed by atoms with Crippen LogP contribution in [-0.4, -0.2) is 24.7 Å². The zero-order valence-electron chi connectivity index (χ0n) is 10.9. The van der Waals surface area contributed by atoms with Crippen LogP contribution in [0.15, 0.2) is 34.8 Å². The first-order chi connectivity index (χ1) is 8.97. The lowest BCUT2D eigenvalue weighted by Gasteiger charge is -2.12. The lowest BCUT2D eigenvalue weighted by Crippen LogP contribution is -2.29. The summed E-state index contributed by atoms with van der Waals surface area (Å²) in [6.07, 6.45) is 3.58. The Kier molecular flexibility index (Phi) is 4.38. The predicted molar refractivity (Wildman–Crippen MR) is 75.6 cm³/mol. The molecule has 0 bridgehead atoms. The van der Waals surface area contributed by atoms with Crippen LogP contribution in [0.3, 0.4) is 0 Å². The summed E-state index contributed by atoms with van der Waals surface area (Å²) in [5, 5.41) is 4.10. The molecule has 0 fully saturated rings. The van der Waals surface area contributed by atoms with Gasteiger partial charge in [0, 0.05) is 30.4 Å². The van der Waals surface area contributed by atoms with E-state index in [1.807, 2.05) is 32.2 Å². The highest BCUT2D eigenvalue weighted by atomic mass is 32.2. The van der Waals surface area contributed by atoms with Gasteiger partial charge in [0.05, 0.1) is 0 Å². The summed E-state index contributed by atoms with van der Waals surface area (Å²) in [4.78, 5) is 0.991. The van der Waals surface area contributed by atoms with Crippen molar-refractivity contribution >= 4 is 21.4 Å². The van der Waals surface area contributed by atoms with Gasteiger partial charge >= 0.3 is 0 Å². The number of thiophene rings is 1. The summed E-state index contributed by atoms with van der Waals surface area (Å²) in [6.45, 7) is 4.98. The van der Waals surface area contributed by atoms with Crippen molar-refractivity contribution in [1.29, 1.82) is 0 Å². The fourth-order valence-corrected chi connectivity index (χ4v) is 4.16. The van der Waals surface area contributed by atoms with Crippen LogP contribution >= 0.6 is 11.3 Å². The highest BCUT2D eigenvalue weighted by Gasteiger charge is 2.17. The summed E-state index contributed by atoms with van der Waals surface area (Å²) >= 11 is 1.28. The SMILES string of the molecule is Cc1ccc(S(=O)(=O)NCC(C)Cn2cccn2)s1. The van der Waals surface area contributed by atoms with E-state index in [9.17, 15) is 8.42 Å². The van der Waals surface area contributed by atoms with Crippen molar-refractivity contribution in [3.8, 4) is 0 Å². The second-order valence-corrected chi connectivity index (χ2v) is 7.83. The van der Waals surface area contributed by atoms with Gasteiger partial charge in [-0.2, -0.15) is 5.10 Å². The van der Waals surface area contributed by atoms with Crippen LogP contribution in [0, 0.1) is 12.8 Å². The Bertz CT molecular complexity index is 617. The van der Waals surface area contributed by atoms with Crippen LogP contribution in [0.5, 0.6) is 0 Å². The molecule has 0 aliphatic rings. The molecule has 0 radical (unpaired) electrons. The molecule has 5 nitrogen and oxygen atoms in total. The first kappa shape index (κ1) is 14.2. The third-order valence-electron chi connectivity index (χ3n) is 2.66. The highest BCUT2D eigenvalue weighted by Crippen LogP contribution is 2.20. The van der Waals surface area contributed by atoms with E-state index >= 15 is 0 Å². The number of nitrogens with zero attached hydrogens (tertiary/aromatic N) is 2. The quantitative estimate of drug-likeness (QED) is 0.885. The van der Waals surface area contributed by atoms with Crippen LogP contribution in [0.25, 0.3) is 0 Å². The van der Waals surface area contributed by atoms with Gasteiger partial charge in [-0.15, -0.1) is 11.3 Å². The molecule has 2 aromatic heterocycles. The lowest BCUT2D eigenvalue weighted by molar-refractivity contribution is 0.443. The van der Waals surface area contributed by atoms with Gasteiger partial charge in [0.2, 0.25) is 10.0 Å². The van der Waals surface area contributed by atoms with Gasteiger partial charge in [-0.1, -0.05) is 6.92 Å².